The first-order valence-corrected chi connectivity index (χ1v) is 7.94. The molecule has 3 nitrogen and oxygen atoms in total. The van der Waals surface area contributed by atoms with Crippen molar-refractivity contribution in [3.05, 3.63) is 51.2 Å². The van der Waals surface area contributed by atoms with E-state index in [2.05, 4.69) is 0 Å². The zero-order valence-electron chi connectivity index (χ0n) is 11.9. The predicted octanol–water partition coefficient (Wildman–Crippen LogP) is 4.60. The normalized spacial score (nSPS) is 12.4. The molecule has 0 aliphatic rings. The molecule has 1 aromatic carbocycles. The minimum absolute atomic E-state index is 0.0474. The van der Waals surface area contributed by atoms with Gasteiger partial charge in [0.05, 0.1) is 17.0 Å². The molecule has 112 valence electrons. The zero-order valence-corrected chi connectivity index (χ0v) is 13.4. The molecule has 2 rings (SSSR count). The first kappa shape index (κ1) is 15.9. The lowest BCUT2D eigenvalue weighted by molar-refractivity contribution is -0.138. The highest BCUT2D eigenvalue weighted by molar-refractivity contribution is 7.10. The van der Waals surface area contributed by atoms with Crippen molar-refractivity contribution in [3.8, 4) is 5.75 Å². The molecule has 0 aliphatic heterocycles. The maximum Gasteiger partial charge on any atom is 0.312 e. The van der Waals surface area contributed by atoms with Crippen molar-refractivity contribution >= 4 is 28.9 Å². The van der Waals surface area contributed by atoms with Crippen LogP contribution in [0.4, 0.5) is 0 Å². The lowest BCUT2D eigenvalue weighted by Gasteiger charge is -2.14. The minimum Gasteiger partial charge on any atom is -0.489 e. The molecule has 21 heavy (non-hydrogen) atoms. The molecule has 0 bridgehead atoms. The van der Waals surface area contributed by atoms with Crippen LogP contribution < -0.4 is 4.74 Å². The van der Waals surface area contributed by atoms with E-state index in [1.54, 1.807) is 12.1 Å². The first-order chi connectivity index (χ1) is 9.97. The molecule has 0 amide bonds. The summed E-state index contributed by atoms with van der Waals surface area (Å²) in [4.78, 5) is 12.3. The third-order valence-corrected chi connectivity index (χ3v) is 4.26. The highest BCUT2D eigenvalue weighted by Gasteiger charge is 2.21. The number of benzene rings is 1. The van der Waals surface area contributed by atoms with E-state index in [1.165, 1.54) is 11.3 Å². The number of thiophene rings is 1. The molecule has 0 saturated heterocycles. The molecule has 0 spiro atoms. The van der Waals surface area contributed by atoms with Gasteiger partial charge in [-0.15, -0.1) is 11.3 Å². The summed E-state index contributed by atoms with van der Waals surface area (Å²) in [5.74, 6) is -0.743. The van der Waals surface area contributed by atoms with Crippen molar-refractivity contribution in [2.45, 2.75) is 32.3 Å². The molecule has 0 aliphatic carbocycles. The number of ether oxygens (including phenoxy) is 1. The van der Waals surface area contributed by atoms with Crippen molar-refractivity contribution < 1.29 is 14.6 Å². The van der Waals surface area contributed by atoms with Gasteiger partial charge in [0.25, 0.3) is 0 Å². The molecule has 1 heterocycles. The molecule has 1 N–H and O–H groups in total. The zero-order chi connectivity index (χ0) is 15.4. The summed E-state index contributed by atoms with van der Waals surface area (Å²) >= 11 is 7.65. The van der Waals surface area contributed by atoms with Gasteiger partial charge in [0, 0.05) is 4.88 Å². The Kier molecular flexibility index (Phi) is 5.26. The Morgan fingerprint density at radius 3 is 2.67 bits per heavy atom. The maximum absolute atomic E-state index is 11.4. The SMILES string of the molecule is CC(C)Oc1ccc(CC(C(=O)O)c2cccs2)cc1Cl. The van der Waals surface area contributed by atoms with Crippen LogP contribution in [0.25, 0.3) is 0 Å². The van der Waals surface area contributed by atoms with Crippen LogP contribution in [-0.2, 0) is 11.2 Å². The molecule has 0 fully saturated rings. The largest absolute Gasteiger partial charge is 0.489 e. The van der Waals surface area contributed by atoms with Crippen LogP contribution in [0.3, 0.4) is 0 Å². The van der Waals surface area contributed by atoms with Gasteiger partial charge in [0.15, 0.2) is 0 Å². The summed E-state index contributed by atoms with van der Waals surface area (Å²) in [5, 5.41) is 11.8. The van der Waals surface area contributed by atoms with E-state index < -0.39 is 11.9 Å². The fourth-order valence-corrected chi connectivity index (χ4v) is 3.12. The molecule has 2 aromatic rings. The van der Waals surface area contributed by atoms with Gasteiger partial charge in [-0.1, -0.05) is 23.7 Å². The maximum atomic E-state index is 11.4. The number of halogens is 1. The van der Waals surface area contributed by atoms with Crippen LogP contribution in [0.5, 0.6) is 5.75 Å². The number of carboxylic acid groups (broad SMARTS) is 1. The summed E-state index contributed by atoms with van der Waals surface area (Å²) in [6.45, 7) is 3.86. The van der Waals surface area contributed by atoms with Crippen molar-refractivity contribution in [2.75, 3.05) is 0 Å². The fraction of sp³-hybridized carbons (Fsp3) is 0.312. The van der Waals surface area contributed by atoms with Gasteiger partial charge in [-0.2, -0.15) is 0 Å². The third-order valence-electron chi connectivity index (χ3n) is 2.98. The highest BCUT2D eigenvalue weighted by Crippen LogP contribution is 2.30. The van der Waals surface area contributed by atoms with E-state index in [4.69, 9.17) is 16.3 Å². The van der Waals surface area contributed by atoms with E-state index >= 15 is 0 Å². The average molecular weight is 325 g/mol. The van der Waals surface area contributed by atoms with E-state index in [0.29, 0.717) is 17.2 Å². The van der Waals surface area contributed by atoms with Gasteiger partial charge < -0.3 is 9.84 Å². The molecule has 5 heteroatoms. The second kappa shape index (κ2) is 6.96. The number of carbonyl (C=O) groups is 1. The molecule has 1 atom stereocenters. The third kappa shape index (κ3) is 4.22. The molecule has 0 saturated carbocycles. The Morgan fingerprint density at radius 2 is 2.14 bits per heavy atom. The second-order valence-electron chi connectivity index (χ2n) is 5.04. The predicted molar refractivity (Wildman–Crippen MR) is 85.6 cm³/mol. The molecular formula is C16H17ClO3S. The Balaban J connectivity index is 2.18. The van der Waals surface area contributed by atoms with E-state index in [1.807, 2.05) is 37.4 Å². The van der Waals surface area contributed by atoms with E-state index in [9.17, 15) is 9.90 Å². The Bertz CT molecular complexity index is 608. The van der Waals surface area contributed by atoms with Crippen LogP contribution in [-0.4, -0.2) is 17.2 Å². The van der Waals surface area contributed by atoms with E-state index in [-0.39, 0.29) is 6.10 Å². The fourth-order valence-electron chi connectivity index (χ4n) is 2.06. The number of hydrogen-bond acceptors (Lipinski definition) is 3. The summed E-state index contributed by atoms with van der Waals surface area (Å²) in [6.07, 6.45) is 0.462. The first-order valence-electron chi connectivity index (χ1n) is 6.68. The lowest BCUT2D eigenvalue weighted by atomic mass is 9.98. The van der Waals surface area contributed by atoms with Crippen molar-refractivity contribution in [1.29, 1.82) is 0 Å². The molecular weight excluding hydrogens is 308 g/mol. The van der Waals surface area contributed by atoms with Crippen LogP contribution in [0.2, 0.25) is 5.02 Å². The highest BCUT2D eigenvalue weighted by atomic mass is 35.5. The van der Waals surface area contributed by atoms with Crippen molar-refractivity contribution in [2.24, 2.45) is 0 Å². The van der Waals surface area contributed by atoms with Gasteiger partial charge in [-0.05, 0) is 49.4 Å². The van der Waals surface area contributed by atoms with Crippen LogP contribution >= 0.6 is 22.9 Å². The molecule has 1 unspecified atom stereocenters. The lowest BCUT2D eigenvalue weighted by Crippen LogP contribution is -2.13. The summed E-state index contributed by atoms with van der Waals surface area (Å²) in [7, 11) is 0. The minimum atomic E-state index is -0.823. The second-order valence-corrected chi connectivity index (χ2v) is 6.43. The quantitative estimate of drug-likeness (QED) is 0.844. The van der Waals surface area contributed by atoms with Gasteiger partial charge in [-0.3, -0.25) is 4.79 Å². The molecule has 1 aromatic heterocycles. The van der Waals surface area contributed by atoms with Crippen molar-refractivity contribution in [3.63, 3.8) is 0 Å². The smallest absolute Gasteiger partial charge is 0.312 e. The Morgan fingerprint density at radius 1 is 1.38 bits per heavy atom. The Labute approximate surface area is 133 Å². The van der Waals surface area contributed by atoms with Gasteiger partial charge in [0.1, 0.15) is 5.75 Å². The Hall–Kier alpha value is -1.52. The van der Waals surface area contributed by atoms with E-state index in [0.717, 1.165) is 10.4 Å². The van der Waals surface area contributed by atoms with Crippen LogP contribution in [0.15, 0.2) is 35.7 Å². The summed E-state index contributed by atoms with van der Waals surface area (Å²) in [6, 6.07) is 9.16. The van der Waals surface area contributed by atoms with Crippen LogP contribution in [0.1, 0.15) is 30.2 Å². The summed E-state index contributed by atoms with van der Waals surface area (Å²) < 4.78 is 5.58. The number of carboxylic acids is 1. The number of hydrogen-bond donors (Lipinski definition) is 1. The van der Waals surface area contributed by atoms with Gasteiger partial charge in [-0.25, -0.2) is 0 Å². The van der Waals surface area contributed by atoms with Gasteiger partial charge in [0.2, 0.25) is 0 Å². The summed E-state index contributed by atoms with van der Waals surface area (Å²) in [5.41, 5.74) is 0.886. The topological polar surface area (TPSA) is 46.5 Å². The molecule has 0 radical (unpaired) electrons. The van der Waals surface area contributed by atoms with Crippen molar-refractivity contribution in [1.82, 2.24) is 0 Å². The average Bonchev–Trinajstić information content (AvgIpc) is 2.91. The van der Waals surface area contributed by atoms with Crippen LogP contribution in [0, 0.1) is 0 Å². The number of aliphatic carboxylic acids is 1. The number of rotatable bonds is 6. The monoisotopic (exact) mass is 324 g/mol. The van der Waals surface area contributed by atoms with Gasteiger partial charge >= 0.3 is 5.97 Å². The standard InChI is InChI=1S/C16H17ClO3S/c1-10(2)20-14-6-5-11(9-13(14)17)8-12(16(18)19)15-4-3-7-21-15/h3-7,9-10,12H,8H2,1-2H3,(H,18,19).